The fourth-order valence-electron chi connectivity index (χ4n) is 1.56. The maximum atomic E-state index is 9.16. The van der Waals surface area contributed by atoms with Crippen molar-refractivity contribution in [2.45, 2.75) is 18.9 Å². The van der Waals surface area contributed by atoms with Crippen LogP contribution in [0.15, 0.2) is 12.1 Å². The van der Waals surface area contributed by atoms with Gasteiger partial charge in [0.2, 0.25) is 0 Å². The first-order chi connectivity index (χ1) is 7.67. The van der Waals surface area contributed by atoms with E-state index >= 15 is 0 Å². The first-order valence-corrected chi connectivity index (χ1v) is 6.53. The van der Waals surface area contributed by atoms with Gasteiger partial charge in [-0.05, 0) is 32.0 Å². The van der Waals surface area contributed by atoms with E-state index in [9.17, 15) is 0 Å². The Balaban J connectivity index is 2.36. The van der Waals surface area contributed by atoms with Crippen molar-refractivity contribution < 1.29 is 10.2 Å². The molecule has 0 aromatic carbocycles. The Labute approximate surface area is 105 Å². The van der Waals surface area contributed by atoms with E-state index in [1.807, 2.05) is 19.2 Å². The van der Waals surface area contributed by atoms with Gasteiger partial charge in [-0.1, -0.05) is 11.6 Å². The van der Waals surface area contributed by atoms with Gasteiger partial charge < -0.3 is 15.1 Å². The largest absolute Gasteiger partial charge is 0.396 e. The monoisotopic (exact) mass is 263 g/mol. The minimum absolute atomic E-state index is 0.0421. The molecule has 1 unspecified atom stereocenters. The van der Waals surface area contributed by atoms with Crippen LogP contribution in [0.2, 0.25) is 4.34 Å². The SMILES string of the molecule is CN(CCc1ccc(Cl)s1)C(CO)CCO. The van der Waals surface area contributed by atoms with Crippen LogP contribution >= 0.6 is 22.9 Å². The van der Waals surface area contributed by atoms with Crippen LogP contribution in [0, 0.1) is 0 Å². The third kappa shape index (κ3) is 4.39. The number of hydrogen-bond acceptors (Lipinski definition) is 4. The van der Waals surface area contributed by atoms with Crippen molar-refractivity contribution in [3.05, 3.63) is 21.3 Å². The van der Waals surface area contributed by atoms with Crippen molar-refractivity contribution in [1.82, 2.24) is 4.90 Å². The summed E-state index contributed by atoms with van der Waals surface area (Å²) >= 11 is 7.44. The molecule has 0 aliphatic carbocycles. The van der Waals surface area contributed by atoms with Crippen LogP contribution in [0.4, 0.5) is 0 Å². The topological polar surface area (TPSA) is 43.7 Å². The summed E-state index contributed by atoms with van der Waals surface area (Å²) < 4.78 is 0.812. The molecule has 0 bridgehead atoms. The fraction of sp³-hybridized carbons (Fsp3) is 0.636. The standard InChI is InChI=1S/C11H18ClNO2S/c1-13(9(8-15)5-7-14)6-4-10-2-3-11(12)16-10/h2-3,9,14-15H,4-8H2,1H3. The first kappa shape index (κ1) is 13.9. The smallest absolute Gasteiger partial charge is 0.0931 e. The second-order valence-electron chi connectivity index (χ2n) is 3.79. The highest BCUT2D eigenvalue weighted by atomic mass is 35.5. The van der Waals surface area contributed by atoms with Crippen LogP contribution < -0.4 is 0 Å². The molecular weight excluding hydrogens is 246 g/mol. The lowest BCUT2D eigenvalue weighted by Crippen LogP contribution is -2.36. The summed E-state index contributed by atoms with van der Waals surface area (Å²) in [4.78, 5) is 3.32. The summed E-state index contributed by atoms with van der Waals surface area (Å²) in [6.07, 6.45) is 1.54. The average molecular weight is 264 g/mol. The number of likely N-dealkylation sites (N-methyl/N-ethyl adjacent to an activating group) is 1. The van der Waals surface area contributed by atoms with E-state index in [2.05, 4.69) is 4.90 Å². The molecule has 92 valence electrons. The molecule has 0 radical (unpaired) electrons. The zero-order chi connectivity index (χ0) is 12.0. The summed E-state index contributed by atoms with van der Waals surface area (Å²) in [7, 11) is 1.96. The molecule has 0 fully saturated rings. The van der Waals surface area contributed by atoms with E-state index in [1.165, 1.54) is 4.88 Å². The summed E-state index contributed by atoms with van der Waals surface area (Å²) in [5.74, 6) is 0. The van der Waals surface area contributed by atoms with Gasteiger partial charge in [0.1, 0.15) is 0 Å². The highest BCUT2D eigenvalue weighted by molar-refractivity contribution is 7.16. The maximum Gasteiger partial charge on any atom is 0.0931 e. The molecule has 2 N–H and O–H groups in total. The molecule has 1 heterocycles. The van der Waals surface area contributed by atoms with Gasteiger partial charge in [-0.2, -0.15) is 0 Å². The number of aliphatic hydroxyl groups excluding tert-OH is 2. The summed E-state index contributed by atoms with van der Waals surface area (Å²) in [5.41, 5.74) is 0. The van der Waals surface area contributed by atoms with Gasteiger partial charge in [-0.3, -0.25) is 0 Å². The Morgan fingerprint density at radius 1 is 1.44 bits per heavy atom. The van der Waals surface area contributed by atoms with Crippen LogP contribution in [0.25, 0.3) is 0 Å². The van der Waals surface area contributed by atoms with Crippen molar-refractivity contribution in [2.75, 3.05) is 26.8 Å². The van der Waals surface area contributed by atoms with Crippen LogP contribution in [-0.2, 0) is 6.42 Å². The highest BCUT2D eigenvalue weighted by Crippen LogP contribution is 2.21. The Morgan fingerprint density at radius 3 is 2.69 bits per heavy atom. The molecule has 0 saturated heterocycles. The van der Waals surface area contributed by atoms with Gasteiger partial charge in [0.15, 0.2) is 0 Å². The van der Waals surface area contributed by atoms with Crippen LogP contribution in [-0.4, -0.2) is 48.0 Å². The summed E-state index contributed by atoms with van der Waals surface area (Å²) in [6.45, 7) is 1.06. The normalized spacial score (nSPS) is 13.3. The van der Waals surface area contributed by atoms with Crippen molar-refractivity contribution in [3.63, 3.8) is 0 Å². The van der Waals surface area contributed by atoms with Gasteiger partial charge in [0.25, 0.3) is 0 Å². The lowest BCUT2D eigenvalue weighted by molar-refractivity contribution is 0.121. The predicted octanol–water partition coefficient (Wildman–Crippen LogP) is 1.62. The average Bonchev–Trinajstić information content (AvgIpc) is 2.68. The highest BCUT2D eigenvalue weighted by Gasteiger charge is 2.12. The molecule has 0 aliphatic rings. The molecule has 1 aromatic heterocycles. The van der Waals surface area contributed by atoms with Gasteiger partial charge in [-0.25, -0.2) is 0 Å². The van der Waals surface area contributed by atoms with Gasteiger partial charge in [0, 0.05) is 24.1 Å². The van der Waals surface area contributed by atoms with Gasteiger partial charge in [0.05, 0.1) is 10.9 Å². The summed E-state index contributed by atoms with van der Waals surface area (Å²) in [5, 5.41) is 18.0. The second-order valence-corrected chi connectivity index (χ2v) is 5.58. The molecule has 3 nitrogen and oxygen atoms in total. The summed E-state index contributed by atoms with van der Waals surface area (Å²) in [6, 6.07) is 3.97. The van der Waals surface area contributed by atoms with Crippen LogP contribution in [0.5, 0.6) is 0 Å². The molecule has 1 atom stereocenters. The second kappa shape index (κ2) is 7.25. The van der Waals surface area contributed by atoms with Crippen molar-refractivity contribution in [2.24, 2.45) is 0 Å². The van der Waals surface area contributed by atoms with E-state index < -0.39 is 0 Å². The van der Waals surface area contributed by atoms with E-state index in [4.69, 9.17) is 21.8 Å². The molecule has 0 amide bonds. The van der Waals surface area contributed by atoms with Crippen LogP contribution in [0.1, 0.15) is 11.3 Å². The first-order valence-electron chi connectivity index (χ1n) is 5.33. The minimum Gasteiger partial charge on any atom is -0.396 e. The zero-order valence-electron chi connectivity index (χ0n) is 9.40. The Kier molecular flexibility index (Phi) is 6.31. The Hall–Kier alpha value is -0.130. The number of hydrogen-bond donors (Lipinski definition) is 2. The molecule has 16 heavy (non-hydrogen) atoms. The third-order valence-electron chi connectivity index (χ3n) is 2.64. The lowest BCUT2D eigenvalue weighted by atomic mass is 10.2. The van der Waals surface area contributed by atoms with Crippen LogP contribution in [0.3, 0.4) is 0 Å². The molecule has 0 aliphatic heterocycles. The number of thiophene rings is 1. The molecule has 5 heteroatoms. The number of halogens is 1. The Morgan fingerprint density at radius 2 is 2.19 bits per heavy atom. The van der Waals surface area contributed by atoms with Crippen molar-refractivity contribution in [1.29, 1.82) is 0 Å². The molecule has 1 rings (SSSR count). The van der Waals surface area contributed by atoms with E-state index in [0.29, 0.717) is 6.42 Å². The van der Waals surface area contributed by atoms with E-state index in [1.54, 1.807) is 11.3 Å². The van der Waals surface area contributed by atoms with Gasteiger partial charge >= 0.3 is 0 Å². The molecule has 0 saturated carbocycles. The maximum absolute atomic E-state index is 9.16. The lowest BCUT2D eigenvalue weighted by Gasteiger charge is -2.25. The molecular formula is C11H18ClNO2S. The number of rotatable bonds is 7. The van der Waals surface area contributed by atoms with Crippen molar-refractivity contribution >= 4 is 22.9 Å². The Bertz CT molecular complexity index is 306. The molecule has 0 spiro atoms. The van der Waals surface area contributed by atoms with Gasteiger partial charge in [-0.15, -0.1) is 11.3 Å². The molecule has 1 aromatic rings. The van der Waals surface area contributed by atoms with Crippen molar-refractivity contribution in [3.8, 4) is 0 Å². The number of aliphatic hydroxyl groups is 2. The number of nitrogens with zero attached hydrogens (tertiary/aromatic N) is 1. The predicted molar refractivity (Wildman–Crippen MR) is 68.2 cm³/mol. The minimum atomic E-state index is 0.0421. The quantitative estimate of drug-likeness (QED) is 0.786. The zero-order valence-corrected chi connectivity index (χ0v) is 11.0. The van der Waals surface area contributed by atoms with E-state index in [-0.39, 0.29) is 19.3 Å². The fourth-order valence-corrected chi connectivity index (χ4v) is 2.63. The third-order valence-corrected chi connectivity index (χ3v) is 3.93. The van der Waals surface area contributed by atoms with E-state index in [0.717, 1.165) is 17.3 Å².